The van der Waals surface area contributed by atoms with Gasteiger partial charge >= 0.3 is 0 Å². The highest BCUT2D eigenvalue weighted by molar-refractivity contribution is 5.80. The molecule has 0 aliphatic carbocycles. The summed E-state index contributed by atoms with van der Waals surface area (Å²) < 4.78 is 13.4. The Morgan fingerprint density at radius 2 is 1.79 bits per heavy atom. The minimum Gasteiger partial charge on any atom is -0.490 e. The predicted octanol–water partition coefficient (Wildman–Crippen LogP) is 4.71. The minimum atomic E-state index is -0.108. The van der Waals surface area contributed by atoms with Crippen molar-refractivity contribution >= 4 is 16.8 Å². The van der Waals surface area contributed by atoms with Gasteiger partial charge in [-0.25, -0.2) is 0 Å². The lowest BCUT2D eigenvalue weighted by atomic mass is 10.1. The summed E-state index contributed by atoms with van der Waals surface area (Å²) in [6.07, 6.45) is 2.46. The largest absolute Gasteiger partial charge is 0.490 e. The number of nitrogens with zero attached hydrogens (tertiary/aromatic N) is 1. The lowest BCUT2D eigenvalue weighted by molar-refractivity contribution is -0.121. The quantitative estimate of drug-likeness (QED) is 0.585. The van der Waals surface area contributed by atoms with Crippen molar-refractivity contribution in [2.75, 3.05) is 13.2 Å². The Bertz CT molecular complexity index is 932. The Labute approximate surface area is 166 Å². The molecular formula is C23H28N2O3. The van der Waals surface area contributed by atoms with Crippen molar-refractivity contribution in [3.05, 3.63) is 60.3 Å². The number of ether oxygens (including phenoxy) is 2. The Kier molecular flexibility index (Phi) is 6.58. The number of carbonyl (C=O) groups excluding carboxylic acids is 1. The highest BCUT2D eigenvalue weighted by Gasteiger charge is 2.13. The SMILES string of the molecule is CCOc1ccc([C@H](C)NC(=O)CCn2ccc3ccccc32)cc1OCC. The average Bonchev–Trinajstić information content (AvgIpc) is 3.11. The number of fused-ring (bicyclic) bond motifs is 1. The zero-order valence-electron chi connectivity index (χ0n) is 16.8. The molecule has 0 bridgehead atoms. The maximum atomic E-state index is 12.5. The molecule has 5 nitrogen and oxygen atoms in total. The summed E-state index contributed by atoms with van der Waals surface area (Å²) in [5, 5.41) is 4.27. The van der Waals surface area contributed by atoms with Crippen LogP contribution in [0.25, 0.3) is 10.9 Å². The van der Waals surface area contributed by atoms with Crippen molar-refractivity contribution in [2.45, 2.75) is 39.8 Å². The maximum absolute atomic E-state index is 12.5. The fraction of sp³-hybridized carbons (Fsp3) is 0.348. The first-order chi connectivity index (χ1) is 13.6. The van der Waals surface area contributed by atoms with E-state index in [2.05, 4.69) is 28.1 Å². The third-order valence-corrected chi connectivity index (χ3v) is 4.70. The van der Waals surface area contributed by atoms with Crippen LogP contribution in [-0.2, 0) is 11.3 Å². The van der Waals surface area contributed by atoms with Gasteiger partial charge < -0.3 is 19.4 Å². The Morgan fingerprint density at radius 1 is 1.04 bits per heavy atom. The van der Waals surface area contributed by atoms with E-state index >= 15 is 0 Å². The van der Waals surface area contributed by atoms with Crippen LogP contribution in [0.3, 0.4) is 0 Å². The van der Waals surface area contributed by atoms with Crippen molar-refractivity contribution in [2.24, 2.45) is 0 Å². The first-order valence-corrected chi connectivity index (χ1v) is 9.85. The molecule has 1 N–H and O–H groups in total. The molecule has 0 fully saturated rings. The van der Waals surface area contributed by atoms with Gasteiger partial charge in [0.2, 0.25) is 5.91 Å². The average molecular weight is 380 g/mol. The number of para-hydroxylation sites is 1. The standard InChI is InChI=1S/C23H28N2O3/c1-4-27-21-11-10-19(16-22(21)28-5-2)17(3)24-23(26)13-15-25-14-12-18-8-6-7-9-20(18)25/h6-12,14,16-17H,4-5,13,15H2,1-3H3,(H,24,26)/t17-/m0/s1. The number of benzene rings is 2. The number of rotatable bonds is 9. The second-order valence-corrected chi connectivity index (χ2v) is 6.68. The second-order valence-electron chi connectivity index (χ2n) is 6.68. The molecule has 0 aliphatic rings. The molecule has 3 rings (SSSR count). The molecule has 0 radical (unpaired) electrons. The third-order valence-electron chi connectivity index (χ3n) is 4.70. The molecule has 1 heterocycles. The van der Waals surface area contributed by atoms with E-state index in [4.69, 9.17) is 9.47 Å². The van der Waals surface area contributed by atoms with Crippen LogP contribution in [0.15, 0.2) is 54.7 Å². The monoisotopic (exact) mass is 380 g/mol. The van der Waals surface area contributed by atoms with Crippen LogP contribution in [-0.4, -0.2) is 23.7 Å². The van der Waals surface area contributed by atoms with Gasteiger partial charge in [-0.15, -0.1) is 0 Å². The molecule has 1 aromatic heterocycles. The summed E-state index contributed by atoms with van der Waals surface area (Å²) in [5.74, 6) is 1.46. The summed E-state index contributed by atoms with van der Waals surface area (Å²) in [5.41, 5.74) is 2.14. The number of carbonyl (C=O) groups is 1. The highest BCUT2D eigenvalue weighted by atomic mass is 16.5. The molecule has 2 aromatic carbocycles. The third kappa shape index (κ3) is 4.66. The normalized spacial score (nSPS) is 12.0. The van der Waals surface area contributed by atoms with Crippen molar-refractivity contribution < 1.29 is 14.3 Å². The molecule has 3 aromatic rings. The maximum Gasteiger partial charge on any atom is 0.222 e. The Balaban J connectivity index is 1.61. The van der Waals surface area contributed by atoms with Gasteiger partial charge in [-0.2, -0.15) is 0 Å². The van der Waals surface area contributed by atoms with E-state index in [0.29, 0.717) is 31.9 Å². The molecular weight excluding hydrogens is 352 g/mol. The van der Waals surface area contributed by atoms with Gasteiger partial charge in [-0.1, -0.05) is 24.3 Å². The number of hydrogen-bond donors (Lipinski definition) is 1. The van der Waals surface area contributed by atoms with E-state index in [-0.39, 0.29) is 11.9 Å². The summed E-state index contributed by atoms with van der Waals surface area (Å²) in [6.45, 7) is 7.67. The molecule has 0 spiro atoms. The number of nitrogens with one attached hydrogen (secondary N) is 1. The van der Waals surface area contributed by atoms with Gasteiger partial charge in [0.25, 0.3) is 0 Å². The fourth-order valence-corrected chi connectivity index (χ4v) is 3.29. The van der Waals surface area contributed by atoms with Crippen molar-refractivity contribution in [3.8, 4) is 11.5 Å². The lowest BCUT2D eigenvalue weighted by Crippen LogP contribution is -2.27. The number of aryl methyl sites for hydroxylation is 1. The minimum absolute atomic E-state index is 0.0251. The van der Waals surface area contributed by atoms with Crippen LogP contribution in [0, 0.1) is 0 Å². The summed E-state index contributed by atoms with van der Waals surface area (Å²) >= 11 is 0. The van der Waals surface area contributed by atoms with E-state index in [1.807, 2.05) is 57.3 Å². The number of amides is 1. The number of hydrogen-bond acceptors (Lipinski definition) is 3. The van der Waals surface area contributed by atoms with Crippen LogP contribution in [0.5, 0.6) is 11.5 Å². The molecule has 0 unspecified atom stereocenters. The fourth-order valence-electron chi connectivity index (χ4n) is 3.29. The summed E-state index contributed by atoms with van der Waals surface area (Å²) in [4.78, 5) is 12.5. The summed E-state index contributed by atoms with van der Waals surface area (Å²) in [7, 11) is 0. The molecule has 0 saturated carbocycles. The van der Waals surface area contributed by atoms with Gasteiger partial charge in [0.15, 0.2) is 11.5 Å². The van der Waals surface area contributed by atoms with Crippen molar-refractivity contribution in [3.63, 3.8) is 0 Å². The molecule has 0 saturated heterocycles. The predicted molar refractivity (Wildman–Crippen MR) is 112 cm³/mol. The smallest absolute Gasteiger partial charge is 0.222 e. The summed E-state index contributed by atoms with van der Waals surface area (Å²) in [6, 6.07) is 16.0. The van der Waals surface area contributed by atoms with Crippen molar-refractivity contribution in [1.82, 2.24) is 9.88 Å². The molecule has 5 heteroatoms. The van der Waals surface area contributed by atoms with Gasteiger partial charge in [-0.05, 0) is 56.0 Å². The van der Waals surface area contributed by atoms with E-state index in [1.54, 1.807) is 0 Å². The van der Waals surface area contributed by atoms with Crippen LogP contribution in [0.2, 0.25) is 0 Å². The van der Waals surface area contributed by atoms with Gasteiger partial charge in [0.1, 0.15) is 0 Å². The Hall–Kier alpha value is -2.95. The van der Waals surface area contributed by atoms with Gasteiger partial charge in [0, 0.05) is 24.7 Å². The molecule has 148 valence electrons. The van der Waals surface area contributed by atoms with Gasteiger partial charge in [-0.3, -0.25) is 4.79 Å². The highest BCUT2D eigenvalue weighted by Crippen LogP contribution is 2.30. The van der Waals surface area contributed by atoms with E-state index in [1.165, 1.54) is 5.39 Å². The second kappa shape index (κ2) is 9.31. The Morgan fingerprint density at radius 3 is 2.57 bits per heavy atom. The van der Waals surface area contributed by atoms with Gasteiger partial charge in [0.05, 0.1) is 19.3 Å². The molecule has 28 heavy (non-hydrogen) atoms. The van der Waals surface area contributed by atoms with E-state index in [0.717, 1.165) is 16.8 Å². The molecule has 1 atom stereocenters. The van der Waals surface area contributed by atoms with E-state index < -0.39 is 0 Å². The zero-order valence-corrected chi connectivity index (χ0v) is 16.8. The number of aromatic nitrogens is 1. The molecule has 1 amide bonds. The van der Waals surface area contributed by atoms with Crippen LogP contribution in [0.4, 0.5) is 0 Å². The van der Waals surface area contributed by atoms with Crippen molar-refractivity contribution in [1.29, 1.82) is 0 Å². The lowest BCUT2D eigenvalue weighted by Gasteiger charge is -2.18. The van der Waals surface area contributed by atoms with Crippen LogP contribution < -0.4 is 14.8 Å². The first kappa shape index (κ1) is 19.8. The van der Waals surface area contributed by atoms with E-state index in [9.17, 15) is 4.79 Å². The zero-order chi connectivity index (χ0) is 19.9. The first-order valence-electron chi connectivity index (χ1n) is 9.85. The van der Waals surface area contributed by atoms with Crippen LogP contribution in [0.1, 0.15) is 38.8 Å². The van der Waals surface area contributed by atoms with Crippen LogP contribution >= 0.6 is 0 Å². The topological polar surface area (TPSA) is 52.5 Å². The molecule has 0 aliphatic heterocycles.